The lowest BCUT2D eigenvalue weighted by molar-refractivity contribution is -0.742. The molecule has 132 valence electrons. The number of nitrogens with zero attached hydrogens (tertiary/aromatic N) is 1. The van der Waals surface area contributed by atoms with Crippen LogP contribution in [-0.4, -0.2) is 23.9 Å². The van der Waals surface area contributed by atoms with E-state index in [9.17, 15) is 0 Å². The van der Waals surface area contributed by atoms with Crippen molar-refractivity contribution in [2.45, 2.75) is 12.5 Å². The highest BCUT2D eigenvalue weighted by molar-refractivity contribution is 7.10. The van der Waals surface area contributed by atoms with E-state index in [0.717, 1.165) is 18.7 Å². The van der Waals surface area contributed by atoms with Crippen LogP contribution in [0.25, 0.3) is 10.8 Å². The maximum atomic E-state index is 8.36. The molecule has 0 spiro atoms. The van der Waals surface area contributed by atoms with Crippen LogP contribution >= 0.6 is 11.3 Å². The molecular weight excluding hydrogens is 340 g/mol. The third-order valence-electron chi connectivity index (χ3n) is 3.54. The van der Waals surface area contributed by atoms with Gasteiger partial charge in [0.05, 0.1) is 0 Å². The van der Waals surface area contributed by atoms with Gasteiger partial charge >= 0.3 is 0 Å². The first kappa shape index (κ1) is 18.7. The Bertz CT molecular complexity index is 783. The van der Waals surface area contributed by atoms with Gasteiger partial charge in [0, 0.05) is 16.7 Å². The molecule has 3 aromatic rings. The van der Waals surface area contributed by atoms with E-state index >= 15 is 0 Å². The molecule has 0 aliphatic heterocycles. The summed E-state index contributed by atoms with van der Waals surface area (Å²) in [4.78, 5) is 9.64. The number of fused-ring (bicyclic) bond motifs is 1. The van der Waals surface area contributed by atoms with E-state index in [1.807, 2.05) is 7.05 Å². The molecule has 0 radical (unpaired) electrons. The van der Waals surface area contributed by atoms with Crippen molar-refractivity contribution in [3.8, 4) is 5.75 Å². The number of benzene rings is 2. The Morgan fingerprint density at radius 2 is 1.92 bits per heavy atom. The maximum Gasteiger partial charge on any atom is 0.291 e. The molecule has 0 fully saturated rings. The standard InChI is InChI=1S/C18H19NOS.HNO3/c1-19-12-11-17(18-10-5-13-21-18)20-16-9-4-7-14-6-2-3-8-15(14)16;2-1(3)4/h2-10,13,17,19H,11-12H2,1H3;(H,2,3,4). The Morgan fingerprint density at radius 1 is 1.20 bits per heavy atom. The summed E-state index contributed by atoms with van der Waals surface area (Å²) in [7, 11) is 1.98. The zero-order valence-electron chi connectivity index (χ0n) is 13.8. The normalized spacial score (nSPS) is 11.4. The van der Waals surface area contributed by atoms with E-state index in [4.69, 9.17) is 20.1 Å². The number of hydrogen-bond donors (Lipinski definition) is 2. The molecule has 1 atom stereocenters. The van der Waals surface area contributed by atoms with E-state index in [-0.39, 0.29) is 6.10 Å². The Hall–Kier alpha value is -2.64. The van der Waals surface area contributed by atoms with Gasteiger partial charge in [-0.05, 0) is 36.5 Å². The van der Waals surface area contributed by atoms with E-state index in [2.05, 4.69) is 65.3 Å². The van der Waals surface area contributed by atoms with Crippen molar-refractivity contribution in [2.75, 3.05) is 13.6 Å². The summed E-state index contributed by atoms with van der Waals surface area (Å²) in [5.74, 6) is 0.961. The van der Waals surface area contributed by atoms with Crippen molar-refractivity contribution in [3.05, 3.63) is 75.0 Å². The fourth-order valence-electron chi connectivity index (χ4n) is 2.46. The minimum atomic E-state index is -1.50. The number of thiophene rings is 1. The lowest BCUT2D eigenvalue weighted by Gasteiger charge is -2.19. The highest BCUT2D eigenvalue weighted by atomic mass is 32.1. The Kier molecular flexibility index (Phi) is 7.18. The summed E-state index contributed by atoms with van der Waals surface area (Å²) in [5, 5.41) is 21.3. The van der Waals surface area contributed by atoms with Gasteiger partial charge in [0.2, 0.25) is 0 Å². The molecule has 1 heterocycles. The highest BCUT2D eigenvalue weighted by Crippen LogP contribution is 2.32. The molecule has 0 saturated carbocycles. The largest absolute Gasteiger partial charge is 0.484 e. The highest BCUT2D eigenvalue weighted by Gasteiger charge is 2.15. The summed E-state index contributed by atoms with van der Waals surface area (Å²) in [5.41, 5.74) is 0. The topological polar surface area (TPSA) is 84.6 Å². The third-order valence-corrected chi connectivity index (χ3v) is 4.50. The molecule has 2 aromatic carbocycles. The first-order valence-corrected chi connectivity index (χ1v) is 8.65. The van der Waals surface area contributed by atoms with Crippen LogP contribution in [0.3, 0.4) is 0 Å². The molecule has 2 N–H and O–H groups in total. The third kappa shape index (κ3) is 5.74. The summed E-state index contributed by atoms with van der Waals surface area (Å²) in [6, 6.07) is 18.8. The van der Waals surface area contributed by atoms with E-state index in [1.165, 1.54) is 15.6 Å². The lowest BCUT2D eigenvalue weighted by atomic mass is 10.1. The summed E-state index contributed by atoms with van der Waals surface area (Å²) < 4.78 is 6.34. The van der Waals surface area contributed by atoms with Crippen molar-refractivity contribution < 1.29 is 15.0 Å². The van der Waals surface area contributed by atoms with Gasteiger partial charge in [-0.1, -0.05) is 42.5 Å². The first-order chi connectivity index (χ1) is 12.1. The second-order valence-corrected chi connectivity index (χ2v) is 6.21. The van der Waals surface area contributed by atoms with Crippen molar-refractivity contribution in [1.29, 1.82) is 0 Å². The number of nitrogens with one attached hydrogen (secondary N) is 1. The molecule has 0 bridgehead atoms. The summed E-state index contributed by atoms with van der Waals surface area (Å²) in [6.45, 7) is 0.938. The van der Waals surface area contributed by atoms with Crippen LogP contribution < -0.4 is 10.1 Å². The molecular formula is C18H20N2O4S. The van der Waals surface area contributed by atoms with Crippen LogP contribution in [-0.2, 0) is 0 Å². The second kappa shape index (κ2) is 9.61. The molecule has 1 aromatic heterocycles. The van der Waals surface area contributed by atoms with Crippen LogP contribution in [0.1, 0.15) is 17.4 Å². The van der Waals surface area contributed by atoms with Crippen LogP contribution in [0.4, 0.5) is 0 Å². The molecule has 3 rings (SSSR count). The van der Waals surface area contributed by atoms with Gasteiger partial charge in [-0.2, -0.15) is 0 Å². The average Bonchev–Trinajstić information content (AvgIpc) is 3.13. The molecule has 25 heavy (non-hydrogen) atoms. The minimum Gasteiger partial charge on any atom is -0.484 e. The van der Waals surface area contributed by atoms with Crippen LogP contribution in [0.2, 0.25) is 0 Å². The summed E-state index contributed by atoms with van der Waals surface area (Å²) in [6.07, 6.45) is 1.06. The lowest BCUT2D eigenvalue weighted by Crippen LogP contribution is -2.15. The molecule has 7 heteroatoms. The molecule has 0 amide bonds. The monoisotopic (exact) mass is 360 g/mol. The Morgan fingerprint density at radius 3 is 2.60 bits per heavy atom. The predicted octanol–water partition coefficient (Wildman–Crippen LogP) is 4.28. The summed E-state index contributed by atoms with van der Waals surface area (Å²) >= 11 is 1.75. The Balaban J connectivity index is 0.000000511. The van der Waals surface area contributed by atoms with Crippen LogP contribution in [0, 0.1) is 10.1 Å². The van der Waals surface area contributed by atoms with Gasteiger partial charge in [-0.25, -0.2) is 0 Å². The number of rotatable bonds is 6. The second-order valence-electron chi connectivity index (χ2n) is 5.23. The van der Waals surface area contributed by atoms with E-state index < -0.39 is 5.09 Å². The van der Waals surface area contributed by atoms with Gasteiger partial charge in [0.25, 0.3) is 5.09 Å². The van der Waals surface area contributed by atoms with Crippen molar-refractivity contribution in [2.24, 2.45) is 0 Å². The molecule has 6 nitrogen and oxygen atoms in total. The van der Waals surface area contributed by atoms with Gasteiger partial charge in [0.1, 0.15) is 11.9 Å². The zero-order chi connectivity index (χ0) is 18.1. The zero-order valence-corrected chi connectivity index (χ0v) is 14.6. The fraction of sp³-hybridized carbons (Fsp3) is 0.222. The molecule has 0 saturated heterocycles. The fourth-order valence-corrected chi connectivity index (χ4v) is 3.25. The van der Waals surface area contributed by atoms with Crippen molar-refractivity contribution in [3.63, 3.8) is 0 Å². The van der Waals surface area contributed by atoms with E-state index in [1.54, 1.807) is 11.3 Å². The van der Waals surface area contributed by atoms with E-state index in [0.29, 0.717) is 0 Å². The first-order valence-electron chi connectivity index (χ1n) is 7.77. The smallest absolute Gasteiger partial charge is 0.291 e. The van der Waals surface area contributed by atoms with Gasteiger partial charge in [-0.3, -0.25) is 0 Å². The molecule has 0 aliphatic carbocycles. The Labute approximate surface area is 149 Å². The predicted molar refractivity (Wildman–Crippen MR) is 99.0 cm³/mol. The quantitative estimate of drug-likeness (QED) is 0.506. The van der Waals surface area contributed by atoms with Gasteiger partial charge < -0.3 is 15.3 Å². The number of ether oxygens (including phenoxy) is 1. The van der Waals surface area contributed by atoms with Crippen LogP contribution in [0.5, 0.6) is 5.75 Å². The number of hydrogen-bond acceptors (Lipinski definition) is 5. The SMILES string of the molecule is CNCCC(Oc1cccc2ccccc12)c1cccs1.O=[N+]([O-])O. The van der Waals surface area contributed by atoms with Gasteiger partial charge in [-0.15, -0.1) is 21.5 Å². The minimum absolute atomic E-state index is 0.100. The molecule has 1 unspecified atom stereocenters. The van der Waals surface area contributed by atoms with Crippen molar-refractivity contribution >= 4 is 22.1 Å². The van der Waals surface area contributed by atoms with Crippen LogP contribution in [0.15, 0.2) is 60.0 Å². The van der Waals surface area contributed by atoms with Crippen molar-refractivity contribution in [1.82, 2.24) is 5.32 Å². The molecule has 0 aliphatic rings. The maximum absolute atomic E-state index is 8.36. The average molecular weight is 360 g/mol. The van der Waals surface area contributed by atoms with Gasteiger partial charge in [0.15, 0.2) is 0 Å².